The Balaban J connectivity index is 2.23. The molecule has 0 saturated carbocycles. The lowest BCUT2D eigenvalue weighted by Gasteiger charge is -2.25. The average Bonchev–Trinajstić information content (AvgIpc) is 2.61. The standard InChI is InChI=1S/C9H13BrN2O2/c1-13-9-11-6-7(10)12(9)8-4-2-3-5-14-8/h6,8H,2-5H2,1H3. The Morgan fingerprint density at radius 1 is 1.64 bits per heavy atom. The van der Waals surface area contributed by atoms with Crippen molar-refractivity contribution in [2.75, 3.05) is 13.7 Å². The van der Waals surface area contributed by atoms with E-state index < -0.39 is 0 Å². The van der Waals surface area contributed by atoms with E-state index in [0.29, 0.717) is 6.01 Å². The third-order valence-electron chi connectivity index (χ3n) is 2.34. The summed E-state index contributed by atoms with van der Waals surface area (Å²) in [6.07, 6.45) is 5.15. The van der Waals surface area contributed by atoms with Gasteiger partial charge in [0.15, 0.2) is 0 Å². The second-order valence-electron chi connectivity index (χ2n) is 3.26. The van der Waals surface area contributed by atoms with Crippen molar-refractivity contribution in [2.45, 2.75) is 25.5 Å². The van der Waals surface area contributed by atoms with Crippen molar-refractivity contribution in [3.63, 3.8) is 0 Å². The predicted molar refractivity (Wildman–Crippen MR) is 55.3 cm³/mol. The van der Waals surface area contributed by atoms with Gasteiger partial charge in [0.1, 0.15) is 10.8 Å². The van der Waals surface area contributed by atoms with Crippen LogP contribution in [0.25, 0.3) is 0 Å². The zero-order valence-corrected chi connectivity index (χ0v) is 9.66. The highest BCUT2D eigenvalue weighted by molar-refractivity contribution is 9.10. The zero-order valence-electron chi connectivity index (χ0n) is 8.07. The molecule has 4 nitrogen and oxygen atoms in total. The molecular formula is C9H13BrN2O2. The van der Waals surface area contributed by atoms with E-state index in [4.69, 9.17) is 9.47 Å². The molecule has 0 N–H and O–H groups in total. The van der Waals surface area contributed by atoms with E-state index >= 15 is 0 Å². The molecule has 14 heavy (non-hydrogen) atoms. The molecule has 1 unspecified atom stereocenters. The minimum atomic E-state index is 0.0653. The van der Waals surface area contributed by atoms with Gasteiger partial charge in [-0.05, 0) is 35.2 Å². The lowest BCUT2D eigenvalue weighted by atomic mass is 10.2. The van der Waals surface area contributed by atoms with Crippen LogP contribution >= 0.6 is 15.9 Å². The second-order valence-corrected chi connectivity index (χ2v) is 4.07. The first-order valence-electron chi connectivity index (χ1n) is 4.71. The Labute approximate surface area is 91.3 Å². The van der Waals surface area contributed by atoms with Crippen LogP contribution in [0.4, 0.5) is 0 Å². The van der Waals surface area contributed by atoms with E-state index in [0.717, 1.165) is 24.1 Å². The molecule has 0 radical (unpaired) electrons. The van der Waals surface area contributed by atoms with Crippen molar-refractivity contribution in [3.8, 4) is 6.01 Å². The van der Waals surface area contributed by atoms with E-state index in [9.17, 15) is 0 Å². The maximum Gasteiger partial charge on any atom is 0.299 e. The number of halogens is 1. The van der Waals surface area contributed by atoms with Gasteiger partial charge in [-0.2, -0.15) is 0 Å². The molecule has 1 aromatic rings. The summed E-state index contributed by atoms with van der Waals surface area (Å²) in [5.41, 5.74) is 0. The highest BCUT2D eigenvalue weighted by Gasteiger charge is 2.21. The Morgan fingerprint density at radius 3 is 3.14 bits per heavy atom. The van der Waals surface area contributed by atoms with Crippen LogP contribution in [0.3, 0.4) is 0 Å². The van der Waals surface area contributed by atoms with Crippen LogP contribution in [-0.4, -0.2) is 23.3 Å². The fourth-order valence-electron chi connectivity index (χ4n) is 1.66. The molecule has 0 aliphatic carbocycles. The van der Waals surface area contributed by atoms with E-state index in [1.54, 1.807) is 13.3 Å². The summed E-state index contributed by atoms with van der Waals surface area (Å²) in [6, 6.07) is 0.601. The number of methoxy groups -OCH3 is 1. The van der Waals surface area contributed by atoms with E-state index in [2.05, 4.69) is 20.9 Å². The minimum Gasteiger partial charge on any atom is -0.468 e. The van der Waals surface area contributed by atoms with Crippen LogP contribution in [0, 0.1) is 0 Å². The fourth-order valence-corrected chi connectivity index (χ4v) is 2.15. The minimum absolute atomic E-state index is 0.0653. The number of ether oxygens (including phenoxy) is 2. The number of rotatable bonds is 2. The summed E-state index contributed by atoms with van der Waals surface area (Å²) in [6.45, 7) is 0.818. The molecule has 0 amide bonds. The highest BCUT2D eigenvalue weighted by Crippen LogP contribution is 2.30. The third-order valence-corrected chi connectivity index (χ3v) is 2.93. The van der Waals surface area contributed by atoms with Crippen molar-refractivity contribution in [1.82, 2.24) is 9.55 Å². The maximum absolute atomic E-state index is 5.66. The largest absolute Gasteiger partial charge is 0.468 e. The Kier molecular flexibility index (Phi) is 3.08. The van der Waals surface area contributed by atoms with Crippen molar-refractivity contribution >= 4 is 15.9 Å². The van der Waals surface area contributed by atoms with Crippen molar-refractivity contribution in [2.24, 2.45) is 0 Å². The quantitative estimate of drug-likeness (QED) is 0.819. The van der Waals surface area contributed by atoms with E-state index in [-0.39, 0.29) is 6.23 Å². The summed E-state index contributed by atoms with van der Waals surface area (Å²) in [5.74, 6) is 0. The van der Waals surface area contributed by atoms with Gasteiger partial charge in [0, 0.05) is 6.61 Å². The Morgan fingerprint density at radius 2 is 2.50 bits per heavy atom. The fraction of sp³-hybridized carbons (Fsp3) is 0.667. The van der Waals surface area contributed by atoms with Gasteiger partial charge in [0.25, 0.3) is 6.01 Å². The van der Waals surface area contributed by atoms with Gasteiger partial charge in [0.2, 0.25) is 0 Å². The summed E-state index contributed by atoms with van der Waals surface area (Å²) in [7, 11) is 1.62. The predicted octanol–water partition coefficient (Wildman–Crippen LogP) is 2.35. The molecule has 0 aromatic carbocycles. The molecule has 78 valence electrons. The highest BCUT2D eigenvalue weighted by atomic mass is 79.9. The van der Waals surface area contributed by atoms with Crippen molar-refractivity contribution in [1.29, 1.82) is 0 Å². The van der Waals surface area contributed by atoms with E-state index in [1.807, 2.05) is 4.57 Å². The maximum atomic E-state index is 5.66. The lowest BCUT2D eigenvalue weighted by molar-refractivity contribution is -0.0370. The number of imidazole rings is 1. The molecule has 2 heterocycles. The third kappa shape index (κ3) is 1.79. The van der Waals surface area contributed by atoms with Crippen LogP contribution in [0.2, 0.25) is 0 Å². The monoisotopic (exact) mass is 260 g/mol. The molecule has 1 saturated heterocycles. The van der Waals surface area contributed by atoms with Gasteiger partial charge in [-0.3, -0.25) is 4.57 Å². The zero-order chi connectivity index (χ0) is 9.97. The Hall–Kier alpha value is -0.550. The summed E-state index contributed by atoms with van der Waals surface area (Å²) in [4.78, 5) is 4.12. The first kappa shape index (κ1) is 9.98. The smallest absolute Gasteiger partial charge is 0.299 e. The second kappa shape index (κ2) is 4.31. The molecule has 1 fully saturated rings. The summed E-state index contributed by atoms with van der Waals surface area (Å²) in [5, 5.41) is 0. The summed E-state index contributed by atoms with van der Waals surface area (Å²) < 4.78 is 13.7. The Bertz CT molecular complexity index is 308. The van der Waals surface area contributed by atoms with Crippen LogP contribution < -0.4 is 4.74 Å². The number of aromatic nitrogens is 2. The number of nitrogens with zero attached hydrogens (tertiary/aromatic N) is 2. The van der Waals surface area contributed by atoms with Crippen LogP contribution in [0.1, 0.15) is 25.5 Å². The van der Waals surface area contributed by atoms with Crippen molar-refractivity contribution < 1.29 is 9.47 Å². The average molecular weight is 261 g/mol. The SMILES string of the molecule is COc1ncc(Br)n1C1CCCCO1. The molecule has 1 aliphatic heterocycles. The molecule has 2 rings (SSSR count). The first-order valence-corrected chi connectivity index (χ1v) is 5.50. The van der Waals surface area contributed by atoms with Gasteiger partial charge < -0.3 is 9.47 Å². The summed E-state index contributed by atoms with van der Waals surface area (Å²) >= 11 is 3.43. The van der Waals surface area contributed by atoms with Crippen LogP contribution in [0.5, 0.6) is 6.01 Å². The molecule has 5 heteroatoms. The molecule has 1 aliphatic rings. The molecule has 1 atom stereocenters. The van der Waals surface area contributed by atoms with E-state index in [1.165, 1.54) is 6.42 Å². The first-order chi connectivity index (χ1) is 6.83. The van der Waals surface area contributed by atoms with Crippen LogP contribution in [0.15, 0.2) is 10.8 Å². The number of hydrogen-bond donors (Lipinski definition) is 0. The van der Waals surface area contributed by atoms with Gasteiger partial charge in [-0.15, -0.1) is 0 Å². The molecular weight excluding hydrogens is 248 g/mol. The molecule has 0 bridgehead atoms. The topological polar surface area (TPSA) is 36.3 Å². The number of hydrogen-bond acceptors (Lipinski definition) is 3. The van der Waals surface area contributed by atoms with Gasteiger partial charge in [0.05, 0.1) is 13.3 Å². The lowest BCUT2D eigenvalue weighted by Crippen LogP contribution is -2.18. The molecule has 1 aromatic heterocycles. The van der Waals surface area contributed by atoms with Crippen molar-refractivity contribution in [3.05, 3.63) is 10.8 Å². The van der Waals surface area contributed by atoms with Crippen LogP contribution in [-0.2, 0) is 4.74 Å². The van der Waals surface area contributed by atoms with Gasteiger partial charge in [-0.1, -0.05) is 0 Å². The normalized spacial score (nSPS) is 22.3. The van der Waals surface area contributed by atoms with Gasteiger partial charge in [-0.25, -0.2) is 4.98 Å². The molecule has 0 spiro atoms. The van der Waals surface area contributed by atoms with Gasteiger partial charge >= 0.3 is 0 Å².